The second-order valence-corrected chi connectivity index (χ2v) is 9.06. The summed E-state index contributed by atoms with van der Waals surface area (Å²) in [7, 11) is 0. The number of halogens is 1. The number of carboxylic acids is 1. The number of nitrogens with one attached hydrogen (secondary N) is 1. The number of ether oxygens (including phenoxy) is 1. The van der Waals surface area contributed by atoms with E-state index in [1.54, 1.807) is 32.0 Å². The lowest BCUT2D eigenvalue weighted by atomic mass is 10.1. The smallest absolute Gasteiger partial charge is 0.336 e. The molecule has 0 spiro atoms. The first-order chi connectivity index (χ1) is 17.3. The van der Waals surface area contributed by atoms with Crippen molar-refractivity contribution in [3.8, 4) is 23.0 Å². The number of fused-ring (bicyclic) bond motifs is 1. The molecule has 1 saturated heterocycles. The van der Waals surface area contributed by atoms with Crippen molar-refractivity contribution in [2.24, 2.45) is 0 Å². The predicted molar refractivity (Wildman–Crippen MR) is 137 cm³/mol. The predicted octanol–water partition coefficient (Wildman–Crippen LogP) is 4.75. The van der Waals surface area contributed by atoms with Gasteiger partial charge in [0.1, 0.15) is 5.75 Å². The zero-order chi connectivity index (χ0) is 25.4. The number of nitrogens with zero attached hydrogens (tertiary/aromatic N) is 4. The van der Waals surface area contributed by atoms with Gasteiger partial charge in [0.2, 0.25) is 5.91 Å². The van der Waals surface area contributed by atoms with Gasteiger partial charge in [-0.15, -0.1) is 0 Å². The van der Waals surface area contributed by atoms with Gasteiger partial charge < -0.3 is 24.6 Å². The van der Waals surface area contributed by atoms with Crippen LogP contribution in [0.15, 0.2) is 48.5 Å². The maximum absolute atomic E-state index is 11.6. The Bertz CT molecular complexity index is 1460. The standard InChI is InChI=1S/C26H24ClN5O4/c1-15-3-8-19(13-20(15)25(34)35)36-26-28-22-14-21(27)23(29-24(22)30-26)17-4-6-18(7-5-17)32-11-9-31(10-12-32)16(2)33/h3-8,13-14H,9-12H2,1-2H3,(H,34,35)(H,28,29,30). The number of aromatic nitrogens is 3. The normalized spacial score (nSPS) is 13.8. The van der Waals surface area contributed by atoms with Crippen LogP contribution in [0.25, 0.3) is 22.4 Å². The number of amides is 1. The zero-order valence-corrected chi connectivity index (χ0v) is 20.5. The van der Waals surface area contributed by atoms with Gasteiger partial charge in [0, 0.05) is 44.4 Å². The van der Waals surface area contributed by atoms with Gasteiger partial charge >= 0.3 is 12.0 Å². The third-order valence-corrected chi connectivity index (χ3v) is 6.58. The first kappa shape index (κ1) is 23.6. The number of carbonyl (C=O) groups excluding carboxylic acids is 1. The number of benzene rings is 2. The molecule has 2 aromatic heterocycles. The number of aromatic amines is 1. The Morgan fingerprint density at radius 3 is 2.42 bits per heavy atom. The van der Waals surface area contributed by atoms with Crippen molar-refractivity contribution >= 4 is 40.3 Å². The number of aromatic carboxylic acids is 1. The molecule has 0 radical (unpaired) electrons. The fraction of sp³-hybridized carbons (Fsp3) is 0.231. The highest BCUT2D eigenvalue weighted by atomic mass is 35.5. The maximum atomic E-state index is 11.6. The van der Waals surface area contributed by atoms with Crippen molar-refractivity contribution in [1.82, 2.24) is 19.9 Å². The molecule has 0 unspecified atom stereocenters. The van der Waals surface area contributed by atoms with Crippen LogP contribution in [0.2, 0.25) is 5.02 Å². The molecular formula is C26H24ClN5O4. The number of carbonyl (C=O) groups is 2. The van der Waals surface area contributed by atoms with Crippen LogP contribution < -0.4 is 9.64 Å². The number of aryl methyl sites for hydroxylation is 1. The number of pyridine rings is 1. The van der Waals surface area contributed by atoms with Crippen molar-refractivity contribution in [2.45, 2.75) is 13.8 Å². The zero-order valence-electron chi connectivity index (χ0n) is 19.8. The van der Waals surface area contributed by atoms with E-state index in [1.165, 1.54) is 6.07 Å². The van der Waals surface area contributed by atoms with Gasteiger partial charge in [-0.1, -0.05) is 29.8 Å². The van der Waals surface area contributed by atoms with E-state index in [-0.39, 0.29) is 17.5 Å². The molecule has 9 nitrogen and oxygen atoms in total. The molecule has 1 amide bonds. The molecule has 5 rings (SSSR count). The summed E-state index contributed by atoms with van der Waals surface area (Å²) in [6, 6.07) is 14.7. The molecule has 1 aliphatic heterocycles. The first-order valence-corrected chi connectivity index (χ1v) is 11.9. The lowest BCUT2D eigenvalue weighted by Crippen LogP contribution is -2.48. The van der Waals surface area contributed by atoms with E-state index in [0.29, 0.717) is 46.3 Å². The number of rotatable bonds is 5. The summed E-state index contributed by atoms with van der Waals surface area (Å²) in [4.78, 5) is 39.1. The third kappa shape index (κ3) is 4.70. The number of piperazine rings is 1. The number of carboxylic acid groups (broad SMARTS) is 1. The Morgan fingerprint density at radius 2 is 1.75 bits per heavy atom. The number of anilines is 1. The maximum Gasteiger partial charge on any atom is 0.336 e. The minimum Gasteiger partial charge on any atom is -0.478 e. The summed E-state index contributed by atoms with van der Waals surface area (Å²) in [6.45, 7) is 6.33. The van der Waals surface area contributed by atoms with Crippen LogP contribution in [0.5, 0.6) is 11.8 Å². The van der Waals surface area contributed by atoms with Gasteiger partial charge in [0.15, 0.2) is 5.65 Å². The van der Waals surface area contributed by atoms with Gasteiger partial charge in [-0.05, 0) is 42.8 Å². The van der Waals surface area contributed by atoms with E-state index in [9.17, 15) is 14.7 Å². The van der Waals surface area contributed by atoms with E-state index in [2.05, 4.69) is 19.9 Å². The highest BCUT2D eigenvalue weighted by Crippen LogP contribution is 2.32. The van der Waals surface area contributed by atoms with E-state index in [1.807, 2.05) is 29.2 Å². The van der Waals surface area contributed by atoms with Crippen molar-refractivity contribution in [3.63, 3.8) is 0 Å². The minimum atomic E-state index is -1.02. The average molecular weight is 506 g/mol. The van der Waals surface area contributed by atoms with Crippen LogP contribution in [0.3, 0.4) is 0 Å². The Hall–Kier alpha value is -4.11. The first-order valence-electron chi connectivity index (χ1n) is 11.5. The molecule has 10 heteroatoms. The van der Waals surface area contributed by atoms with Crippen molar-refractivity contribution in [1.29, 1.82) is 0 Å². The van der Waals surface area contributed by atoms with Gasteiger partial charge in [0.25, 0.3) is 0 Å². The number of hydrogen-bond donors (Lipinski definition) is 2. The van der Waals surface area contributed by atoms with Crippen LogP contribution in [-0.2, 0) is 4.79 Å². The fourth-order valence-corrected chi connectivity index (χ4v) is 4.52. The Morgan fingerprint density at radius 1 is 1.03 bits per heavy atom. The molecular weight excluding hydrogens is 482 g/mol. The molecule has 184 valence electrons. The van der Waals surface area contributed by atoms with E-state index in [4.69, 9.17) is 16.3 Å². The van der Waals surface area contributed by atoms with Gasteiger partial charge in [0.05, 0.1) is 21.8 Å². The number of imidazole rings is 1. The van der Waals surface area contributed by atoms with Crippen molar-refractivity contribution in [2.75, 3.05) is 31.1 Å². The molecule has 0 saturated carbocycles. The van der Waals surface area contributed by atoms with Gasteiger partial charge in [-0.3, -0.25) is 4.79 Å². The molecule has 0 aliphatic carbocycles. The second-order valence-electron chi connectivity index (χ2n) is 8.66. The molecule has 1 fully saturated rings. The van der Waals surface area contributed by atoms with E-state index in [0.717, 1.165) is 24.3 Å². The fourth-order valence-electron chi connectivity index (χ4n) is 4.26. The average Bonchev–Trinajstić information content (AvgIpc) is 3.25. The molecule has 4 aromatic rings. The van der Waals surface area contributed by atoms with Crippen molar-refractivity contribution < 1.29 is 19.4 Å². The number of hydrogen-bond acceptors (Lipinski definition) is 6. The highest BCUT2D eigenvalue weighted by molar-refractivity contribution is 6.33. The van der Waals surface area contributed by atoms with Crippen molar-refractivity contribution in [3.05, 3.63) is 64.7 Å². The minimum absolute atomic E-state index is 0.108. The molecule has 1 aliphatic rings. The summed E-state index contributed by atoms with van der Waals surface area (Å²) in [6.07, 6.45) is 0. The highest BCUT2D eigenvalue weighted by Gasteiger charge is 2.19. The molecule has 3 heterocycles. The van der Waals surface area contributed by atoms with Crippen LogP contribution >= 0.6 is 11.6 Å². The molecule has 0 atom stereocenters. The summed E-state index contributed by atoms with van der Waals surface area (Å²) < 4.78 is 5.76. The summed E-state index contributed by atoms with van der Waals surface area (Å²) in [5.74, 6) is -0.565. The summed E-state index contributed by atoms with van der Waals surface area (Å²) in [5, 5.41) is 9.80. The topological polar surface area (TPSA) is 112 Å². The van der Waals surface area contributed by atoms with E-state index < -0.39 is 5.97 Å². The van der Waals surface area contributed by atoms with E-state index >= 15 is 0 Å². The quantitative estimate of drug-likeness (QED) is 0.402. The lowest BCUT2D eigenvalue weighted by Gasteiger charge is -2.35. The van der Waals surface area contributed by atoms with Crippen LogP contribution in [0, 0.1) is 6.92 Å². The Kier molecular flexibility index (Phi) is 6.24. The third-order valence-electron chi connectivity index (χ3n) is 6.29. The lowest BCUT2D eigenvalue weighted by molar-refractivity contribution is -0.129. The largest absolute Gasteiger partial charge is 0.478 e. The molecule has 2 aromatic carbocycles. The van der Waals surface area contributed by atoms with Crippen LogP contribution in [0.1, 0.15) is 22.8 Å². The van der Waals surface area contributed by atoms with Gasteiger partial charge in [-0.25, -0.2) is 9.78 Å². The Balaban J connectivity index is 1.36. The van der Waals surface area contributed by atoms with Gasteiger partial charge in [-0.2, -0.15) is 4.98 Å². The SMILES string of the molecule is CC(=O)N1CCN(c2ccc(-c3nc4nc(Oc5ccc(C)c(C(=O)O)c5)[nH]c4cc3Cl)cc2)CC1. The monoisotopic (exact) mass is 505 g/mol. The van der Waals surface area contributed by atoms with Crippen LogP contribution in [0.4, 0.5) is 5.69 Å². The van der Waals surface area contributed by atoms with Crippen LogP contribution in [-0.4, -0.2) is 63.0 Å². The second kappa shape index (κ2) is 9.50. The molecule has 0 bridgehead atoms. The molecule has 36 heavy (non-hydrogen) atoms. The Labute approximate surface area is 212 Å². The molecule has 2 N–H and O–H groups in total. The number of H-pyrrole nitrogens is 1. The summed E-state index contributed by atoms with van der Waals surface area (Å²) in [5.41, 5.74) is 4.36. The summed E-state index contributed by atoms with van der Waals surface area (Å²) >= 11 is 6.55.